The summed E-state index contributed by atoms with van der Waals surface area (Å²) in [6, 6.07) is 5.36. The molecular formula is C13H17Br2NO3. The lowest BCUT2D eigenvalue weighted by Gasteiger charge is -2.18. The minimum atomic E-state index is -0.0770. The van der Waals surface area contributed by atoms with Crippen LogP contribution in [0, 0.1) is 0 Å². The standard InChI is InChI=1S/C13H17Br2NO3/c1-16(6-8-19-7-5-14)13(17)11-4-3-10(15)9-12(11)18-2/h3-4,9H,5-8H2,1-2H3. The van der Waals surface area contributed by atoms with Gasteiger partial charge in [-0.05, 0) is 18.2 Å². The molecule has 0 aliphatic rings. The number of alkyl halides is 1. The lowest BCUT2D eigenvalue weighted by atomic mass is 10.2. The molecule has 106 valence electrons. The van der Waals surface area contributed by atoms with Crippen LogP contribution in [0.25, 0.3) is 0 Å². The minimum absolute atomic E-state index is 0.0770. The van der Waals surface area contributed by atoms with E-state index in [1.54, 1.807) is 31.2 Å². The zero-order chi connectivity index (χ0) is 14.3. The summed E-state index contributed by atoms with van der Waals surface area (Å²) in [6.07, 6.45) is 0. The Morgan fingerprint density at radius 2 is 2.11 bits per heavy atom. The first kappa shape index (κ1) is 16.5. The van der Waals surface area contributed by atoms with Crippen LogP contribution in [0.4, 0.5) is 0 Å². The molecule has 1 aromatic rings. The Kier molecular flexibility index (Phi) is 7.41. The van der Waals surface area contributed by atoms with E-state index in [0.29, 0.717) is 31.1 Å². The number of amides is 1. The Hall–Kier alpha value is -0.590. The van der Waals surface area contributed by atoms with Crippen molar-refractivity contribution >= 4 is 37.8 Å². The molecule has 0 N–H and O–H groups in total. The van der Waals surface area contributed by atoms with Crippen LogP contribution in [0.3, 0.4) is 0 Å². The van der Waals surface area contributed by atoms with Crippen molar-refractivity contribution in [3.05, 3.63) is 28.2 Å². The molecule has 0 radical (unpaired) electrons. The molecule has 0 saturated carbocycles. The van der Waals surface area contributed by atoms with Gasteiger partial charge < -0.3 is 14.4 Å². The number of methoxy groups -OCH3 is 1. The Morgan fingerprint density at radius 3 is 2.74 bits per heavy atom. The van der Waals surface area contributed by atoms with Crippen molar-refractivity contribution in [1.29, 1.82) is 0 Å². The smallest absolute Gasteiger partial charge is 0.257 e. The van der Waals surface area contributed by atoms with Gasteiger partial charge in [0, 0.05) is 23.4 Å². The van der Waals surface area contributed by atoms with Gasteiger partial charge in [0.05, 0.1) is 25.9 Å². The van der Waals surface area contributed by atoms with E-state index in [9.17, 15) is 4.79 Å². The average Bonchev–Trinajstić information content (AvgIpc) is 2.42. The number of carbonyl (C=O) groups is 1. The van der Waals surface area contributed by atoms with Crippen molar-refractivity contribution < 1.29 is 14.3 Å². The molecule has 0 atom stereocenters. The number of nitrogens with zero attached hydrogens (tertiary/aromatic N) is 1. The molecule has 1 amide bonds. The fourth-order valence-corrected chi connectivity index (χ4v) is 2.08. The maximum atomic E-state index is 12.3. The third-order valence-electron chi connectivity index (χ3n) is 2.53. The first-order chi connectivity index (χ1) is 9.10. The molecule has 0 heterocycles. The fraction of sp³-hybridized carbons (Fsp3) is 0.462. The molecule has 0 saturated heterocycles. The Bertz CT molecular complexity index is 426. The quantitative estimate of drug-likeness (QED) is 0.527. The molecule has 0 aliphatic carbocycles. The van der Waals surface area contributed by atoms with E-state index < -0.39 is 0 Å². The highest BCUT2D eigenvalue weighted by molar-refractivity contribution is 9.10. The number of benzene rings is 1. The Labute approximate surface area is 130 Å². The number of rotatable bonds is 7. The summed E-state index contributed by atoms with van der Waals surface area (Å²) >= 11 is 6.63. The van der Waals surface area contributed by atoms with Crippen LogP contribution in [0.2, 0.25) is 0 Å². The lowest BCUT2D eigenvalue weighted by molar-refractivity contribution is 0.0710. The zero-order valence-electron chi connectivity index (χ0n) is 11.0. The molecule has 0 aliphatic heterocycles. The van der Waals surface area contributed by atoms with E-state index in [1.807, 2.05) is 6.07 Å². The summed E-state index contributed by atoms with van der Waals surface area (Å²) < 4.78 is 11.4. The monoisotopic (exact) mass is 393 g/mol. The minimum Gasteiger partial charge on any atom is -0.496 e. The Morgan fingerprint density at radius 1 is 1.37 bits per heavy atom. The van der Waals surface area contributed by atoms with Gasteiger partial charge in [0.1, 0.15) is 5.75 Å². The van der Waals surface area contributed by atoms with E-state index in [2.05, 4.69) is 31.9 Å². The fourth-order valence-electron chi connectivity index (χ4n) is 1.51. The molecule has 6 heteroatoms. The number of hydrogen-bond donors (Lipinski definition) is 0. The van der Waals surface area contributed by atoms with E-state index >= 15 is 0 Å². The van der Waals surface area contributed by atoms with Crippen LogP contribution in [0.15, 0.2) is 22.7 Å². The maximum absolute atomic E-state index is 12.3. The van der Waals surface area contributed by atoms with E-state index in [1.165, 1.54) is 0 Å². The molecule has 0 fully saturated rings. The number of ether oxygens (including phenoxy) is 2. The van der Waals surface area contributed by atoms with Crippen LogP contribution in [0.5, 0.6) is 5.75 Å². The third kappa shape index (κ3) is 5.12. The van der Waals surface area contributed by atoms with Crippen molar-refractivity contribution in [2.45, 2.75) is 0 Å². The summed E-state index contributed by atoms with van der Waals surface area (Å²) in [6.45, 7) is 1.71. The molecule has 1 rings (SSSR count). The van der Waals surface area contributed by atoms with Crippen LogP contribution in [0.1, 0.15) is 10.4 Å². The van der Waals surface area contributed by atoms with E-state index in [0.717, 1.165) is 9.80 Å². The number of likely N-dealkylation sites (N-methyl/N-ethyl adjacent to an activating group) is 1. The number of carbonyl (C=O) groups excluding carboxylic acids is 1. The molecule has 0 aromatic heterocycles. The summed E-state index contributed by atoms with van der Waals surface area (Å²) in [5, 5.41) is 0.797. The van der Waals surface area contributed by atoms with Gasteiger partial charge in [-0.1, -0.05) is 31.9 Å². The van der Waals surface area contributed by atoms with Crippen molar-refractivity contribution in [3.63, 3.8) is 0 Å². The number of hydrogen-bond acceptors (Lipinski definition) is 3. The Balaban J connectivity index is 2.66. The molecule has 0 unspecified atom stereocenters. The van der Waals surface area contributed by atoms with Crippen molar-refractivity contribution in [2.24, 2.45) is 0 Å². The van der Waals surface area contributed by atoms with Crippen molar-refractivity contribution in [1.82, 2.24) is 4.90 Å². The van der Waals surface area contributed by atoms with Crippen molar-refractivity contribution in [2.75, 3.05) is 39.2 Å². The van der Waals surface area contributed by atoms with Gasteiger partial charge in [0.25, 0.3) is 5.91 Å². The van der Waals surface area contributed by atoms with Gasteiger partial charge in [-0.2, -0.15) is 0 Å². The average molecular weight is 395 g/mol. The molecule has 1 aromatic carbocycles. The second kappa shape index (κ2) is 8.55. The first-order valence-electron chi connectivity index (χ1n) is 5.83. The topological polar surface area (TPSA) is 38.8 Å². The summed E-state index contributed by atoms with van der Waals surface area (Å²) in [5.41, 5.74) is 0.550. The molecule has 0 spiro atoms. The van der Waals surface area contributed by atoms with Crippen molar-refractivity contribution in [3.8, 4) is 5.75 Å². The lowest BCUT2D eigenvalue weighted by Crippen LogP contribution is -2.30. The largest absolute Gasteiger partial charge is 0.496 e. The number of halogens is 2. The molecule has 0 bridgehead atoms. The van der Waals surface area contributed by atoms with E-state index in [4.69, 9.17) is 9.47 Å². The third-order valence-corrected chi connectivity index (χ3v) is 3.35. The van der Waals surface area contributed by atoms with Gasteiger partial charge in [-0.15, -0.1) is 0 Å². The highest BCUT2D eigenvalue weighted by Crippen LogP contribution is 2.24. The molecular weight excluding hydrogens is 378 g/mol. The van der Waals surface area contributed by atoms with Gasteiger partial charge >= 0.3 is 0 Å². The second-order valence-electron chi connectivity index (χ2n) is 3.87. The second-order valence-corrected chi connectivity index (χ2v) is 5.58. The SMILES string of the molecule is COc1cc(Br)ccc1C(=O)N(C)CCOCCBr. The van der Waals surface area contributed by atoms with Gasteiger partial charge in [0.2, 0.25) is 0 Å². The highest BCUT2D eigenvalue weighted by atomic mass is 79.9. The van der Waals surface area contributed by atoms with Gasteiger partial charge in [0.15, 0.2) is 0 Å². The zero-order valence-corrected chi connectivity index (χ0v) is 14.2. The van der Waals surface area contributed by atoms with Gasteiger partial charge in [-0.3, -0.25) is 4.79 Å². The maximum Gasteiger partial charge on any atom is 0.257 e. The predicted molar refractivity (Wildman–Crippen MR) is 82.3 cm³/mol. The highest BCUT2D eigenvalue weighted by Gasteiger charge is 2.16. The first-order valence-corrected chi connectivity index (χ1v) is 7.74. The van der Waals surface area contributed by atoms with Crippen LogP contribution in [-0.4, -0.2) is 50.1 Å². The molecule has 4 nitrogen and oxygen atoms in total. The van der Waals surface area contributed by atoms with E-state index in [-0.39, 0.29) is 5.91 Å². The van der Waals surface area contributed by atoms with Crippen LogP contribution in [-0.2, 0) is 4.74 Å². The summed E-state index contributed by atoms with van der Waals surface area (Å²) in [5.74, 6) is 0.486. The van der Waals surface area contributed by atoms with Crippen LogP contribution < -0.4 is 4.74 Å². The predicted octanol–water partition coefficient (Wildman–Crippen LogP) is 2.94. The van der Waals surface area contributed by atoms with Gasteiger partial charge in [-0.25, -0.2) is 0 Å². The molecule has 19 heavy (non-hydrogen) atoms. The van der Waals surface area contributed by atoms with Crippen LogP contribution >= 0.6 is 31.9 Å². The summed E-state index contributed by atoms with van der Waals surface area (Å²) in [4.78, 5) is 13.9. The normalized spacial score (nSPS) is 10.3. The summed E-state index contributed by atoms with van der Waals surface area (Å²) in [7, 11) is 3.30.